The van der Waals surface area contributed by atoms with E-state index in [0.717, 1.165) is 18.8 Å². The minimum Gasteiger partial charge on any atom is -0.346 e. The van der Waals surface area contributed by atoms with Gasteiger partial charge >= 0.3 is 0 Å². The summed E-state index contributed by atoms with van der Waals surface area (Å²) >= 11 is 0. The van der Waals surface area contributed by atoms with Gasteiger partial charge in [0.05, 0.1) is 12.2 Å². The second-order valence-corrected chi connectivity index (χ2v) is 6.41. The van der Waals surface area contributed by atoms with E-state index in [2.05, 4.69) is 32.7 Å². The van der Waals surface area contributed by atoms with Gasteiger partial charge in [0.15, 0.2) is 0 Å². The van der Waals surface area contributed by atoms with Crippen LogP contribution >= 0.6 is 0 Å². The molecule has 0 aliphatic carbocycles. The number of hydrogen-bond donors (Lipinski definition) is 2. The Hall–Kier alpha value is -2.73. The van der Waals surface area contributed by atoms with Gasteiger partial charge in [-0.25, -0.2) is 9.97 Å². The molecular weight excluding hydrogens is 314 g/mol. The molecule has 6 heteroatoms. The Balaban J connectivity index is 1.38. The molecule has 1 saturated heterocycles. The van der Waals surface area contributed by atoms with Gasteiger partial charge < -0.3 is 10.6 Å². The fraction of sp³-hybridized carbons (Fsp3) is 0.316. The van der Waals surface area contributed by atoms with E-state index in [0.29, 0.717) is 23.8 Å². The van der Waals surface area contributed by atoms with Crippen LogP contribution in [0.2, 0.25) is 0 Å². The zero-order valence-electron chi connectivity index (χ0n) is 14.0. The summed E-state index contributed by atoms with van der Waals surface area (Å²) in [4.78, 5) is 20.9. The standard InChI is InChI=1S/C19H21N5O/c25-18(22-12-17-13-24-10-2-9-21-19(24)23-17)15-6-4-14(5-7-15)16-3-1-8-20-11-16/h2,4-7,9-10,13,16,20H,1,3,8,11-12H2,(H,22,25)/t16-/m0/s1. The number of fused-ring (bicyclic) bond motifs is 1. The van der Waals surface area contributed by atoms with Gasteiger partial charge in [-0.05, 0) is 49.1 Å². The maximum absolute atomic E-state index is 12.3. The van der Waals surface area contributed by atoms with Crippen LogP contribution in [0.5, 0.6) is 0 Å². The molecule has 2 aromatic heterocycles. The van der Waals surface area contributed by atoms with E-state index >= 15 is 0 Å². The monoisotopic (exact) mass is 335 g/mol. The van der Waals surface area contributed by atoms with E-state index in [9.17, 15) is 4.79 Å². The Labute approximate surface area is 146 Å². The van der Waals surface area contributed by atoms with Gasteiger partial charge in [0.2, 0.25) is 5.78 Å². The van der Waals surface area contributed by atoms with Crippen molar-refractivity contribution in [1.29, 1.82) is 0 Å². The molecule has 128 valence electrons. The minimum atomic E-state index is -0.0849. The predicted octanol–water partition coefficient (Wildman–Crippen LogP) is 2.13. The largest absolute Gasteiger partial charge is 0.346 e. The summed E-state index contributed by atoms with van der Waals surface area (Å²) < 4.78 is 1.84. The molecule has 25 heavy (non-hydrogen) atoms. The first-order valence-corrected chi connectivity index (χ1v) is 8.67. The van der Waals surface area contributed by atoms with Crippen LogP contribution in [-0.2, 0) is 6.54 Å². The third-order valence-electron chi connectivity index (χ3n) is 4.66. The highest BCUT2D eigenvalue weighted by molar-refractivity contribution is 5.94. The van der Waals surface area contributed by atoms with Crippen molar-refractivity contribution < 1.29 is 4.79 Å². The number of imidazole rings is 1. The molecule has 0 radical (unpaired) electrons. The summed E-state index contributed by atoms with van der Waals surface area (Å²) in [5.41, 5.74) is 2.77. The van der Waals surface area contributed by atoms with Crippen molar-refractivity contribution in [3.05, 3.63) is 65.7 Å². The van der Waals surface area contributed by atoms with Crippen LogP contribution in [0, 0.1) is 0 Å². The van der Waals surface area contributed by atoms with Gasteiger partial charge in [0, 0.05) is 30.7 Å². The van der Waals surface area contributed by atoms with E-state index in [-0.39, 0.29) is 5.91 Å². The van der Waals surface area contributed by atoms with Crippen LogP contribution in [-0.4, -0.2) is 33.4 Å². The Morgan fingerprint density at radius 1 is 1.32 bits per heavy atom. The summed E-state index contributed by atoms with van der Waals surface area (Å²) in [6.07, 6.45) is 7.89. The first-order valence-electron chi connectivity index (χ1n) is 8.67. The van der Waals surface area contributed by atoms with Gasteiger partial charge in [-0.2, -0.15) is 0 Å². The normalized spacial score (nSPS) is 17.5. The topological polar surface area (TPSA) is 71.3 Å². The maximum Gasteiger partial charge on any atom is 0.251 e. The first-order chi connectivity index (χ1) is 12.3. The highest BCUT2D eigenvalue weighted by Crippen LogP contribution is 2.23. The van der Waals surface area contributed by atoms with Crippen molar-refractivity contribution in [2.24, 2.45) is 0 Å². The number of rotatable bonds is 4. The first kappa shape index (κ1) is 15.8. The number of piperidine rings is 1. The van der Waals surface area contributed by atoms with Crippen LogP contribution in [0.1, 0.15) is 40.4 Å². The Bertz CT molecular complexity index is 832. The summed E-state index contributed by atoms with van der Waals surface area (Å²) in [6, 6.07) is 9.80. The summed E-state index contributed by atoms with van der Waals surface area (Å²) in [5, 5.41) is 6.35. The SMILES string of the molecule is O=C(NCc1cn2cccnc2n1)c1ccc([C@H]2CCCNC2)cc1. The van der Waals surface area contributed by atoms with Crippen molar-refractivity contribution in [3.63, 3.8) is 0 Å². The number of carbonyl (C=O) groups excluding carboxylic acids is 1. The fourth-order valence-corrected chi connectivity index (χ4v) is 3.28. The van der Waals surface area contributed by atoms with E-state index in [1.165, 1.54) is 18.4 Å². The number of nitrogens with zero attached hydrogens (tertiary/aromatic N) is 3. The van der Waals surface area contributed by atoms with Crippen molar-refractivity contribution in [2.45, 2.75) is 25.3 Å². The highest BCUT2D eigenvalue weighted by atomic mass is 16.1. The summed E-state index contributed by atoms with van der Waals surface area (Å²) in [7, 11) is 0. The molecular formula is C19H21N5O. The molecule has 3 aromatic rings. The van der Waals surface area contributed by atoms with Crippen LogP contribution in [0.4, 0.5) is 0 Å². The van der Waals surface area contributed by atoms with Crippen LogP contribution in [0.3, 0.4) is 0 Å². The van der Waals surface area contributed by atoms with Crippen LogP contribution in [0.25, 0.3) is 5.78 Å². The third kappa shape index (κ3) is 3.53. The molecule has 6 nitrogen and oxygen atoms in total. The second-order valence-electron chi connectivity index (χ2n) is 6.41. The molecule has 4 rings (SSSR count). The lowest BCUT2D eigenvalue weighted by Crippen LogP contribution is -2.28. The Morgan fingerprint density at radius 2 is 2.20 bits per heavy atom. The molecule has 1 aromatic carbocycles. The molecule has 1 aliphatic rings. The van der Waals surface area contributed by atoms with E-state index in [4.69, 9.17) is 0 Å². The molecule has 0 saturated carbocycles. The molecule has 1 aliphatic heterocycles. The molecule has 3 heterocycles. The molecule has 0 unspecified atom stereocenters. The van der Waals surface area contributed by atoms with E-state index < -0.39 is 0 Å². The Kier molecular flexibility index (Phi) is 4.43. The number of benzene rings is 1. The van der Waals surface area contributed by atoms with E-state index in [1.807, 2.05) is 35.0 Å². The Morgan fingerprint density at radius 3 is 2.96 bits per heavy atom. The second kappa shape index (κ2) is 7.03. The van der Waals surface area contributed by atoms with Crippen LogP contribution < -0.4 is 10.6 Å². The molecule has 1 fully saturated rings. The van der Waals surface area contributed by atoms with Gasteiger partial charge in [0.25, 0.3) is 5.91 Å². The summed E-state index contributed by atoms with van der Waals surface area (Å²) in [5.74, 6) is 1.10. The molecule has 0 bridgehead atoms. The van der Waals surface area contributed by atoms with Crippen LogP contribution in [0.15, 0.2) is 48.9 Å². The quantitative estimate of drug-likeness (QED) is 0.766. The molecule has 2 N–H and O–H groups in total. The number of carbonyl (C=O) groups is 1. The maximum atomic E-state index is 12.3. The fourth-order valence-electron chi connectivity index (χ4n) is 3.28. The lowest BCUT2D eigenvalue weighted by Gasteiger charge is -2.23. The molecule has 1 amide bonds. The van der Waals surface area contributed by atoms with Gasteiger partial charge in [-0.1, -0.05) is 12.1 Å². The average Bonchev–Trinajstić information content (AvgIpc) is 3.10. The summed E-state index contributed by atoms with van der Waals surface area (Å²) in [6.45, 7) is 2.51. The zero-order chi connectivity index (χ0) is 17.1. The lowest BCUT2D eigenvalue weighted by atomic mass is 9.91. The van der Waals surface area contributed by atoms with Crippen molar-refractivity contribution in [3.8, 4) is 0 Å². The van der Waals surface area contributed by atoms with E-state index in [1.54, 1.807) is 6.20 Å². The van der Waals surface area contributed by atoms with Gasteiger partial charge in [-0.15, -0.1) is 0 Å². The molecule has 0 spiro atoms. The van der Waals surface area contributed by atoms with Gasteiger partial charge in [-0.3, -0.25) is 9.20 Å². The third-order valence-corrected chi connectivity index (χ3v) is 4.66. The zero-order valence-corrected chi connectivity index (χ0v) is 14.0. The average molecular weight is 335 g/mol. The van der Waals surface area contributed by atoms with Crippen molar-refractivity contribution in [1.82, 2.24) is 25.0 Å². The van der Waals surface area contributed by atoms with Crippen molar-refractivity contribution >= 4 is 11.7 Å². The number of nitrogens with one attached hydrogen (secondary N) is 2. The number of hydrogen-bond acceptors (Lipinski definition) is 4. The predicted molar refractivity (Wildman–Crippen MR) is 95.4 cm³/mol. The lowest BCUT2D eigenvalue weighted by molar-refractivity contribution is 0.0950. The number of amides is 1. The minimum absolute atomic E-state index is 0.0849. The van der Waals surface area contributed by atoms with Crippen molar-refractivity contribution in [2.75, 3.05) is 13.1 Å². The smallest absolute Gasteiger partial charge is 0.251 e. The molecule has 1 atom stereocenters. The number of aromatic nitrogens is 3. The van der Waals surface area contributed by atoms with Gasteiger partial charge in [0.1, 0.15) is 0 Å². The highest BCUT2D eigenvalue weighted by Gasteiger charge is 2.15.